The van der Waals surface area contributed by atoms with Crippen molar-refractivity contribution in [3.63, 3.8) is 0 Å². The standard InChI is InChI=1S/C14H28N2O/c1-11(2)16-7-6-13(10-16)8-15-9-14-5-4-12(3)17-14/h11-15H,4-10H2,1-3H3. The van der Waals surface area contributed by atoms with Crippen molar-refractivity contribution in [1.82, 2.24) is 10.2 Å². The predicted molar refractivity (Wildman–Crippen MR) is 71.3 cm³/mol. The molecule has 2 aliphatic heterocycles. The number of hydrogen-bond acceptors (Lipinski definition) is 3. The Morgan fingerprint density at radius 3 is 2.65 bits per heavy atom. The molecule has 1 N–H and O–H groups in total. The lowest BCUT2D eigenvalue weighted by Gasteiger charge is -2.20. The molecular formula is C14H28N2O. The zero-order valence-corrected chi connectivity index (χ0v) is 11.6. The number of nitrogens with one attached hydrogen (secondary N) is 1. The van der Waals surface area contributed by atoms with E-state index >= 15 is 0 Å². The van der Waals surface area contributed by atoms with Gasteiger partial charge in [0.05, 0.1) is 12.2 Å². The molecular weight excluding hydrogens is 212 g/mol. The maximum Gasteiger partial charge on any atom is 0.0704 e. The Kier molecular flexibility index (Phi) is 4.83. The zero-order chi connectivity index (χ0) is 12.3. The van der Waals surface area contributed by atoms with E-state index < -0.39 is 0 Å². The Morgan fingerprint density at radius 2 is 2.06 bits per heavy atom. The fourth-order valence-corrected chi connectivity index (χ4v) is 2.98. The third-order valence-electron chi connectivity index (χ3n) is 4.17. The Balaban J connectivity index is 1.57. The first-order valence-corrected chi connectivity index (χ1v) is 7.25. The molecule has 0 aliphatic carbocycles. The van der Waals surface area contributed by atoms with Crippen molar-refractivity contribution in [3.05, 3.63) is 0 Å². The second kappa shape index (κ2) is 6.17. The monoisotopic (exact) mass is 240 g/mol. The Labute approximate surface area is 106 Å². The molecule has 0 aromatic carbocycles. The molecule has 3 unspecified atom stereocenters. The van der Waals surface area contributed by atoms with Crippen molar-refractivity contribution >= 4 is 0 Å². The van der Waals surface area contributed by atoms with Gasteiger partial charge in [0.25, 0.3) is 0 Å². The largest absolute Gasteiger partial charge is 0.374 e. The minimum Gasteiger partial charge on any atom is -0.374 e. The Bertz CT molecular complexity index is 232. The van der Waals surface area contributed by atoms with Gasteiger partial charge in [-0.1, -0.05) is 0 Å². The summed E-state index contributed by atoms with van der Waals surface area (Å²) in [4.78, 5) is 2.58. The summed E-state index contributed by atoms with van der Waals surface area (Å²) in [5.41, 5.74) is 0. The smallest absolute Gasteiger partial charge is 0.0704 e. The van der Waals surface area contributed by atoms with Crippen molar-refractivity contribution < 1.29 is 4.74 Å². The Morgan fingerprint density at radius 1 is 1.24 bits per heavy atom. The first-order valence-electron chi connectivity index (χ1n) is 7.25. The van der Waals surface area contributed by atoms with Crippen molar-refractivity contribution in [2.24, 2.45) is 5.92 Å². The summed E-state index contributed by atoms with van der Waals surface area (Å²) in [5.74, 6) is 0.844. The minimum atomic E-state index is 0.465. The summed E-state index contributed by atoms with van der Waals surface area (Å²) in [6.45, 7) is 11.5. The summed E-state index contributed by atoms with van der Waals surface area (Å²) in [6.07, 6.45) is 4.76. The molecule has 3 heteroatoms. The van der Waals surface area contributed by atoms with Crippen LogP contribution >= 0.6 is 0 Å². The molecule has 2 saturated heterocycles. The van der Waals surface area contributed by atoms with Gasteiger partial charge in [-0.2, -0.15) is 0 Å². The second-order valence-electron chi connectivity index (χ2n) is 6.05. The van der Waals surface area contributed by atoms with Gasteiger partial charge in [0.2, 0.25) is 0 Å². The number of rotatable bonds is 5. The van der Waals surface area contributed by atoms with E-state index in [0.717, 1.165) is 19.0 Å². The SMILES string of the molecule is CC1CCC(CNCC2CCN(C(C)C)C2)O1. The van der Waals surface area contributed by atoms with Gasteiger partial charge < -0.3 is 15.0 Å². The predicted octanol–water partition coefficient (Wildman–Crippen LogP) is 1.87. The van der Waals surface area contributed by atoms with E-state index in [2.05, 4.69) is 31.0 Å². The van der Waals surface area contributed by atoms with Crippen LogP contribution in [0, 0.1) is 5.92 Å². The fraction of sp³-hybridized carbons (Fsp3) is 1.00. The molecule has 0 amide bonds. The van der Waals surface area contributed by atoms with Crippen LogP contribution < -0.4 is 5.32 Å². The molecule has 0 saturated carbocycles. The maximum absolute atomic E-state index is 5.81. The van der Waals surface area contributed by atoms with Crippen LogP contribution in [0.25, 0.3) is 0 Å². The number of likely N-dealkylation sites (tertiary alicyclic amines) is 1. The molecule has 17 heavy (non-hydrogen) atoms. The first kappa shape index (κ1) is 13.3. The molecule has 0 bridgehead atoms. The Hall–Kier alpha value is -0.120. The lowest BCUT2D eigenvalue weighted by Crippen LogP contribution is -2.33. The van der Waals surface area contributed by atoms with Gasteiger partial charge in [-0.25, -0.2) is 0 Å². The van der Waals surface area contributed by atoms with E-state index in [4.69, 9.17) is 4.74 Å². The minimum absolute atomic E-state index is 0.465. The molecule has 2 heterocycles. The highest BCUT2D eigenvalue weighted by atomic mass is 16.5. The van der Waals surface area contributed by atoms with E-state index in [1.54, 1.807) is 0 Å². The summed E-state index contributed by atoms with van der Waals surface area (Å²) in [7, 11) is 0. The quantitative estimate of drug-likeness (QED) is 0.794. The third kappa shape index (κ3) is 3.94. The van der Waals surface area contributed by atoms with Crippen LogP contribution in [-0.4, -0.2) is 49.3 Å². The normalized spacial score (nSPS) is 34.9. The van der Waals surface area contributed by atoms with Crippen LogP contribution in [0.5, 0.6) is 0 Å². The fourth-order valence-electron chi connectivity index (χ4n) is 2.98. The van der Waals surface area contributed by atoms with E-state index in [-0.39, 0.29) is 0 Å². The lowest BCUT2D eigenvalue weighted by atomic mass is 10.1. The number of nitrogens with zero attached hydrogens (tertiary/aromatic N) is 1. The van der Waals surface area contributed by atoms with Gasteiger partial charge in [0.15, 0.2) is 0 Å². The van der Waals surface area contributed by atoms with Crippen molar-refractivity contribution in [2.75, 3.05) is 26.2 Å². The molecule has 0 aromatic rings. The van der Waals surface area contributed by atoms with Crippen LogP contribution in [0.15, 0.2) is 0 Å². The van der Waals surface area contributed by atoms with Gasteiger partial charge >= 0.3 is 0 Å². The van der Waals surface area contributed by atoms with Gasteiger partial charge in [-0.05, 0) is 59.0 Å². The van der Waals surface area contributed by atoms with Gasteiger partial charge in [-0.15, -0.1) is 0 Å². The highest BCUT2D eigenvalue weighted by Crippen LogP contribution is 2.19. The first-order chi connectivity index (χ1) is 8.15. The lowest BCUT2D eigenvalue weighted by molar-refractivity contribution is 0.0556. The molecule has 100 valence electrons. The van der Waals surface area contributed by atoms with Gasteiger partial charge in [0.1, 0.15) is 0 Å². The van der Waals surface area contributed by atoms with Crippen LogP contribution in [0.4, 0.5) is 0 Å². The van der Waals surface area contributed by atoms with Gasteiger partial charge in [0, 0.05) is 19.1 Å². The summed E-state index contributed by atoms with van der Waals surface area (Å²) >= 11 is 0. The van der Waals surface area contributed by atoms with E-state index in [1.165, 1.54) is 32.4 Å². The van der Waals surface area contributed by atoms with Crippen LogP contribution in [0.3, 0.4) is 0 Å². The molecule has 2 aliphatic rings. The van der Waals surface area contributed by atoms with Gasteiger partial charge in [-0.3, -0.25) is 0 Å². The average Bonchev–Trinajstić information content (AvgIpc) is 2.88. The molecule has 2 fully saturated rings. The summed E-state index contributed by atoms with van der Waals surface area (Å²) in [5, 5.41) is 3.60. The van der Waals surface area contributed by atoms with E-state index in [0.29, 0.717) is 18.2 Å². The molecule has 3 nitrogen and oxygen atoms in total. The second-order valence-corrected chi connectivity index (χ2v) is 6.05. The van der Waals surface area contributed by atoms with Crippen molar-refractivity contribution in [3.8, 4) is 0 Å². The van der Waals surface area contributed by atoms with Crippen molar-refractivity contribution in [1.29, 1.82) is 0 Å². The summed E-state index contributed by atoms with van der Waals surface area (Å²) in [6, 6.07) is 0.707. The summed E-state index contributed by atoms with van der Waals surface area (Å²) < 4.78 is 5.81. The van der Waals surface area contributed by atoms with E-state index in [1.807, 2.05) is 0 Å². The maximum atomic E-state index is 5.81. The van der Waals surface area contributed by atoms with Crippen LogP contribution in [0.1, 0.15) is 40.0 Å². The van der Waals surface area contributed by atoms with Crippen LogP contribution in [0.2, 0.25) is 0 Å². The molecule has 0 radical (unpaired) electrons. The topological polar surface area (TPSA) is 24.5 Å². The third-order valence-corrected chi connectivity index (χ3v) is 4.17. The average molecular weight is 240 g/mol. The van der Waals surface area contributed by atoms with E-state index in [9.17, 15) is 0 Å². The molecule has 3 atom stereocenters. The van der Waals surface area contributed by atoms with Crippen LogP contribution in [-0.2, 0) is 4.74 Å². The molecule has 2 rings (SSSR count). The van der Waals surface area contributed by atoms with Crippen molar-refractivity contribution in [2.45, 2.75) is 58.3 Å². The molecule has 0 spiro atoms. The number of ether oxygens (including phenoxy) is 1. The number of hydrogen-bond donors (Lipinski definition) is 1. The zero-order valence-electron chi connectivity index (χ0n) is 11.6. The highest BCUT2D eigenvalue weighted by Gasteiger charge is 2.25. The molecule has 0 aromatic heterocycles. The highest BCUT2D eigenvalue weighted by molar-refractivity contribution is 4.80.